The van der Waals surface area contributed by atoms with Crippen molar-refractivity contribution in [1.82, 2.24) is 0 Å². The molecule has 13 heavy (non-hydrogen) atoms. The Balaban J connectivity index is 2.61. The molecule has 4 atom stereocenters. The summed E-state index contributed by atoms with van der Waals surface area (Å²) in [7, 11) is 0. The number of hydrogen-bond acceptors (Lipinski definition) is 7. The summed E-state index contributed by atoms with van der Waals surface area (Å²) in [6.07, 6.45) is -5.81. The van der Waals surface area contributed by atoms with Gasteiger partial charge in [-0.3, -0.25) is 4.89 Å². The fraction of sp³-hybridized carbons (Fsp3) is 0.833. The zero-order valence-corrected chi connectivity index (χ0v) is 6.53. The quantitative estimate of drug-likeness (QED) is 0.277. The Morgan fingerprint density at radius 2 is 1.92 bits per heavy atom. The first-order valence-electron chi connectivity index (χ1n) is 3.61. The summed E-state index contributed by atoms with van der Waals surface area (Å²) < 4.78 is 4.48. The lowest BCUT2D eigenvalue weighted by atomic mass is 10.0. The Kier molecular flexibility index (Phi) is 3.17. The van der Waals surface area contributed by atoms with Gasteiger partial charge in [0.2, 0.25) is 0 Å². The summed E-state index contributed by atoms with van der Waals surface area (Å²) in [5, 5.41) is 35.0. The number of ether oxygens (including phenoxy) is 1. The Morgan fingerprint density at radius 3 is 2.46 bits per heavy atom. The highest BCUT2D eigenvalue weighted by atomic mass is 17.1. The van der Waals surface area contributed by atoms with Crippen LogP contribution < -0.4 is 0 Å². The number of hydrogen-bond donors (Lipinski definition) is 4. The van der Waals surface area contributed by atoms with Crippen LogP contribution in [0.15, 0.2) is 0 Å². The van der Waals surface area contributed by atoms with Gasteiger partial charge in [-0.2, -0.15) is 5.26 Å². The lowest BCUT2D eigenvalue weighted by Crippen LogP contribution is -2.50. The molecule has 1 rings (SSSR count). The summed E-state index contributed by atoms with van der Waals surface area (Å²) in [6.45, 7) is 0. The molecule has 1 saturated heterocycles. The Hall–Kier alpha value is -0.730. The number of carbonyl (C=O) groups excluding carboxylic acids is 1. The SMILES string of the molecule is O=C(OO)[C@@H]1O[C@@H](O)[C@H](O)CC1O. The van der Waals surface area contributed by atoms with Crippen molar-refractivity contribution >= 4 is 5.97 Å². The van der Waals surface area contributed by atoms with Gasteiger partial charge in [-0.05, 0) is 0 Å². The van der Waals surface area contributed by atoms with Crippen LogP contribution in [0.3, 0.4) is 0 Å². The van der Waals surface area contributed by atoms with E-state index in [4.69, 9.17) is 20.6 Å². The zero-order valence-electron chi connectivity index (χ0n) is 6.53. The van der Waals surface area contributed by atoms with Gasteiger partial charge >= 0.3 is 5.97 Å². The fourth-order valence-corrected chi connectivity index (χ4v) is 1.08. The average molecular weight is 194 g/mol. The second kappa shape index (κ2) is 3.99. The van der Waals surface area contributed by atoms with Gasteiger partial charge in [0.05, 0.1) is 6.10 Å². The molecule has 0 saturated carbocycles. The average Bonchev–Trinajstić information content (AvgIpc) is 2.10. The van der Waals surface area contributed by atoms with Crippen LogP contribution in [0.5, 0.6) is 0 Å². The number of rotatable bonds is 1. The molecule has 1 fully saturated rings. The third kappa shape index (κ3) is 2.14. The summed E-state index contributed by atoms with van der Waals surface area (Å²) in [4.78, 5) is 14.0. The Bertz CT molecular complexity index is 193. The topological polar surface area (TPSA) is 116 Å². The van der Waals surface area contributed by atoms with Crippen LogP contribution in [0.4, 0.5) is 0 Å². The van der Waals surface area contributed by atoms with Crippen LogP contribution >= 0.6 is 0 Å². The molecule has 4 N–H and O–H groups in total. The van der Waals surface area contributed by atoms with E-state index in [0.29, 0.717) is 0 Å². The molecular weight excluding hydrogens is 184 g/mol. The van der Waals surface area contributed by atoms with Crippen molar-refractivity contribution < 1.29 is 35.0 Å². The predicted octanol–water partition coefficient (Wildman–Crippen LogP) is -2.17. The van der Waals surface area contributed by atoms with Crippen molar-refractivity contribution in [3.8, 4) is 0 Å². The van der Waals surface area contributed by atoms with Gasteiger partial charge < -0.3 is 20.1 Å². The smallest absolute Gasteiger partial charge is 0.373 e. The summed E-state index contributed by atoms with van der Waals surface area (Å²) >= 11 is 0. The number of aliphatic hydroxyl groups is 3. The normalized spacial score (nSPS) is 40.0. The van der Waals surface area contributed by atoms with E-state index in [2.05, 4.69) is 9.62 Å². The van der Waals surface area contributed by atoms with E-state index in [9.17, 15) is 4.79 Å². The van der Waals surface area contributed by atoms with Crippen molar-refractivity contribution in [2.24, 2.45) is 0 Å². The molecule has 1 unspecified atom stereocenters. The lowest BCUT2D eigenvalue weighted by Gasteiger charge is -2.32. The minimum Gasteiger partial charge on any atom is -0.390 e. The molecule has 0 aromatic heterocycles. The second-order valence-corrected chi connectivity index (χ2v) is 2.73. The highest BCUT2D eigenvalue weighted by molar-refractivity contribution is 5.74. The molecular formula is C6H10O7. The van der Waals surface area contributed by atoms with E-state index in [1.165, 1.54) is 0 Å². The van der Waals surface area contributed by atoms with Gasteiger partial charge in [-0.15, -0.1) is 0 Å². The van der Waals surface area contributed by atoms with Gasteiger partial charge in [0.1, 0.15) is 6.10 Å². The van der Waals surface area contributed by atoms with Crippen molar-refractivity contribution in [2.75, 3.05) is 0 Å². The van der Waals surface area contributed by atoms with Gasteiger partial charge in [0.25, 0.3) is 0 Å². The molecule has 0 radical (unpaired) electrons. The van der Waals surface area contributed by atoms with Gasteiger partial charge in [-0.25, -0.2) is 4.79 Å². The Morgan fingerprint density at radius 1 is 1.31 bits per heavy atom. The fourth-order valence-electron chi connectivity index (χ4n) is 1.08. The summed E-state index contributed by atoms with van der Waals surface area (Å²) in [6, 6.07) is 0. The standard InChI is InChI=1S/C6H10O7/c7-2-1-3(8)5(9)12-4(2)6(10)13-11/h2-5,7-9,11H,1H2/t2?,3-,4-,5-/m1/s1. The molecule has 0 amide bonds. The van der Waals surface area contributed by atoms with E-state index in [0.717, 1.165) is 0 Å². The van der Waals surface area contributed by atoms with Crippen LogP contribution in [0.2, 0.25) is 0 Å². The molecule has 0 bridgehead atoms. The van der Waals surface area contributed by atoms with Crippen LogP contribution in [0.25, 0.3) is 0 Å². The highest BCUT2D eigenvalue weighted by Crippen LogP contribution is 2.19. The lowest BCUT2D eigenvalue weighted by molar-refractivity contribution is -0.281. The molecule has 7 heteroatoms. The first kappa shape index (κ1) is 10.4. The van der Waals surface area contributed by atoms with Crippen molar-refractivity contribution in [2.45, 2.75) is 31.0 Å². The number of carbonyl (C=O) groups is 1. The van der Waals surface area contributed by atoms with E-state index < -0.39 is 30.6 Å². The summed E-state index contributed by atoms with van der Waals surface area (Å²) in [5.74, 6) is -1.21. The molecule has 0 spiro atoms. The van der Waals surface area contributed by atoms with Crippen molar-refractivity contribution in [3.63, 3.8) is 0 Å². The number of aliphatic hydroxyl groups excluding tert-OH is 3. The molecule has 76 valence electrons. The molecule has 0 aliphatic carbocycles. The Labute approximate surface area is 73.1 Å². The maximum atomic E-state index is 10.7. The maximum Gasteiger partial charge on any atom is 0.373 e. The first-order chi connectivity index (χ1) is 6.06. The third-order valence-corrected chi connectivity index (χ3v) is 1.77. The maximum absolute atomic E-state index is 10.7. The third-order valence-electron chi connectivity index (χ3n) is 1.77. The molecule has 0 aromatic carbocycles. The summed E-state index contributed by atoms with van der Waals surface area (Å²) in [5.41, 5.74) is 0. The minimum absolute atomic E-state index is 0.221. The van der Waals surface area contributed by atoms with Crippen LogP contribution in [-0.2, 0) is 14.4 Å². The highest BCUT2D eigenvalue weighted by Gasteiger charge is 2.40. The molecule has 1 aliphatic rings. The molecule has 7 nitrogen and oxygen atoms in total. The van der Waals surface area contributed by atoms with Crippen molar-refractivity contribution in [1.29, 1.82) is 0 Å². The van der Waals surface area contributed by atoms with E-state index in [1.54, 1.807) is 0 Å². The minimum atomic E-state index is -1.56. The predicted molar refractivity (Wildman–Crippen MR) is 36.2 cm³/mol. The van der Waals surface area contributed by atoms with E-state index >= 15 is 0 Å². The van der Waals surface area contributed by atoms with Crippen LogP contribution in [0, 0.1) is 0 Å². The van der Waals surface area contributed by atoms with E-state index in [1.807, 2.05) is 0 Å². The molecule has 1 heterocycles. The second-order valence-electron chi connectivity index (χ2n) is 2.73. The van der Waals surface area contributed by atoms with Gasteiger partial charge in [0.15, 0.2) is 12.4 Å². The van der Waals surface area contributed by atoms with Crippen LogP contribution in [-0.4, -0.2) is 51.1 Å². The first-order valence-corrected chi connectivity index (χ1v) is 3.61. The molecule has 0 aromatic rings. The molecule has 1 aliphatic heterocycles. The van der Waals surface area contributed by atoms with Crippen molar-refractivity contribution in [3.05, 3.63) is 0 Å². The zero-order chi connectivity index (χ0) is 10.0. The van der Waals surface area contributed by atoms with Crippen LogP contribution in [0.1, 0.15) is 6.42 Å². The largest absolute Gasteiger partial charge is 0.390 e. The monoisotopic (exact) mass is 194 g/mol. The van der Waals surface area contributed by atoms with Gasteiger partial charge in [-0.1, -0.05) is 0 Å². The van der Waals surface area contributed by atoms with Gasteiger partial charge in [0, 0.05) is 6.42 Å². The van der Waals surface area contributed by atoms with E-state index in [-0.39, 0.29) is 6.42 Å².